The largest absolute Gasteiger partial charge is 0.463 e. The number of likely N-dealkylation sites (N-methyl/N-ethyl adjacent to an activating group) is 1. The van der Waals surface area contributed by atoms with Crippen LogP contribution in [0.1, 0.15) is 66.2 Å². The summed E-state index contributed by atoms with van der Waals surface area (Å²) in [6.07, 6.45) is 5.70. The first-order chi connectivity index (χ1) is 20.3. The van der Waals surface area contributed by atoms with Gasteiger partial charge in [-0.1, -0.05) is 32.6 Å². The van der Waals surface area contributed by atoms with Crippen molar-refractivity contribution in [2.24, 2.45) is 0 Å². The van der Waals surface area contributed by atoms with Crippen LogP contribution in [0, 0.1) is 0 Å². The lowest BCUT2D eigenvalue weighted by molar-refractivity contribution is -0.145. The average Bonchev–Trinajstić information content (AvgIpc) is 2.94. The van der Waals surface area contributed by atoms with Gasteiger partial charge in [0.25, 0.3) is 0 Å². The zero-order valence-electron chi connectivity index (χ0n) is 27.0. The minimum Gasteiger partial charge on any atom is -0.463 e. The summed E-state index contributed by atoms with van der Waals surface area (Å²) in [4.78, 5) is 24.9. The van der Waals surface area contributed by atoms with E-state index < -0.39 is 5.60 Å². The molecule has 0 aromatic carbocycles. The molecule has 12 heteroatoms. The van der Waals surface area contributed by atoms with Crippen molar-refractivity contribution in [3.05, 3.63) is 0 Å². The Bertz CT molecular complexity index is 617. The molecule has 12 nitrogen and oxygen atoms in total. The predicted octanol–water partition coefficient (Wildman–Crippen LogP) is 3.87. The fourth-order valence-electron chi connectivity index (χ4n) is 3.21. The van der Waals surface area contributed by atoms with Crippen molar-refractivity contribution in [3.63, 3.8) is 0 Å². The molecule has 0 atom stereocenters. The van der Waals surface area contributed by atoms with E-state index in [1.165, 1.54) is 24.2 Å². The third-order valence-electron chi connectivity index (χ3n) is 5.48. The molecule has 0 heterocycles. The minimum absolute atomic E-state index is 0.150. The number of unbranched alkanes of at least 4 members (excludes halogenated alkanes) is 4. The van der Waals surface area contributed by atoms with Gasteiger partial charge in [0.1, 0.15) is 12.2 Å². The maximum atomic E-state index is 11.8. The summed E-state index contributed by atoms with van der Waals surface area (Å²) < 4.78 is 48.6. The molecule has 0 saturated carbocycles. The molecule has 0 aliphatic rings. The maximum Gasteiger partial charge on any atom is 0.410 e. The summed E-state index contributed by atoms with van der Waals surface area (Å²) in [6, 6.07) is 0. The molecule has 0 aliphatic carbocycles. The van der Waals surface area contributed by atoms with Crippen LogP contribution in [0.15, 0.2) is 0 Å². The zero-order valence-corrected chi connectivity index (χ0v) is 27.0. The van der Waals surface area contributed by atoms with E-state index in [-0.39, 0.29) is 18.7 Å². The summed E-state index contributed by atoms with van der Waals surface area (Å²) >= 11 is 0. The van der Waals surface area contributed by atoms with Gasteiger partial charge in [-0.15, -0.1) is 0 Å². The number of nitrogens with zero attached hydrogens (tertiary/aromatic N) is 1. The Morgan fingerprint density at radius 2 is 0.929 bits per heavy atom. The second-order valence-electron chi connectivity index (χ2n) is 10.6. The first kappa shape index (κ1) is 40.5. The molecule has 0 N–H and O–H groups in total. The van der Waals surface area contributed by atoms with Crippen LogP contribution in [-0.4, -0.2) is 135 Å². The monoisotopic (exact) mass is 609 g/mol. The van der Waals surface area contributed by atoms with E-state index in [2.05, 4.69) is 6.92 Å². The Morgan fingerprint density at radius 1 is 0.548 bits per heavy atom. The Hall–Kier alpha value is -1.54. The van der Waals surface area contributed by atoms with Gasteiger partial charge < -0.3 is 47.5 Å². The number of hydrogen-bond donors (Lipinski definition) is 0. The maximum absolute atomic E-state index is 11.8. The van der Waals surface area contributed by atoms with E-state index in [1.807, 2.05) is 20.8 Å². The average molecular weight is 610 g/mol. The highest BCUT2D eigenvalue weighted by Crippen LogP contribution is 2.09. The highest BCUT2D eigenvalue weighted by molar-refractivity contribution is 5.69. The van der Waals surface area contributed by atoms with Gasteiger partial charge in [-0.3, -0.25) is 4.79 Å². The number of rotatable bonds is 30. The molecule has 0 aromatic heterocycles. The Morgan fingerprint density at radius 3 is 1.33 bits per heavy atom. The molecule has 0 rings (SSSR count). The highest BCUT2D eigenvalue weighted by Gasteiger charge is 2.19. The zero-order chi connectivity index (χ0) is 31.2. The van der Waals surface area contributed by atoms with Crippen molar-refractivity contribution in [2.75, 3.05) is 113 Å². The number of ether oxygens (including phenoxy) is 9. The van der Waals surface area contributed by atoms with Gasteiger partial charge in [0, 0.05) is 20.0 Å². The van der Waals surface area contributed by atoms with E-state index in [0.717, 1.165) is 12.8 Å². The van der Waals surface area contributed by atoms with Crippen LogP contribution in [-0.2, 0) is 47.4 Å². The molecule has 0 unspecified atom stereocenters. The molecule has 1 amide bonds. The molecule has 0 aliphatic heterocycles. The molecule has 42 heavy (non-hydrogen) atoms. The SMILES string of the molecule is CCCCCCCC(=O)OCCOCCOCCOCCOCCOCCOCCOCCN(C)C(=O)OC(C)(C)C. The standard InChI is InChI=1S/C30H59NO11/c1-6-7-8-9-10-11-28(32)41-27-26-40-25-24-39-23-22-38-21-20-37-19-18-36-17-16-35-15-14-34-13-12-31(5)29(33)42-30(2,3)4/h6-27H2,1-5H3. The third kappa shape index (κ3) is 31.4. The van der Waals surface area contributed by atoms with Gasteiger partial charge in [0.2, 0.25) is 0 Å². The van der Waals surface area contributed by atoms with Crippen LogP contribution < -0.4 is 0 Å². The minimum atomic E-state index is -0.509. The van der Waals surface area contributed by atoms with Gasteiger partial charge in [0.15, 0.2) is 0 Å². The topological polar surface area (TPSA) is 120 Å². The van der Waals surface area contributed by atoms with Crippen molar-refractivity contribution in [2.45, 2.75) is 71.8 Å². The van der Waals surface area contributed by atoms with E-state index in [1.54, 1.807) is 7.05 Å². The predicted molar refractivity (Wildman–Crippen MR) is 159 cm³/mol. The van der Waals surface area contributed by atoms with Crippen LogP contribution in [0.5, 0.6) is 0 Å². The molecule has 250 valence electrons. The molecular weight excluding hydrogens is 550 g/mol. The van der Waals surface area contributed by atoms with E-state index in [4.69, 9.17) is 42.6 Å². The van der Waals surface area contributed by atoms with Crippen LogP contribution in [0.3, 0.4) is 0 Å². The fraction of sp³-hybridized carbons (Fsp3) is 0.933. The summed E-state index contributed by atoms with van der Waals surface area (Å²) in [7, 11) is 1.68. The van der Waals surface area contributed by atoms with E-state index in [0.29, 0.717) is 105 Å². The molecule has 0 bridgehead atoms. The number of hydrogen-bond acceptors (Lipinski definition) is 11. The van der Waals surface area contributed by atoms with Crippen molar-refractivity contribution in [1.29, 1.82) is 0 Å². The molecular formula is C30H59NO11. The molecule has 0 spiro atoms. The van der Waals surface area contributed by atoms with Gasteiger partial charge in [-0.25, -0.2) is 4.79 Å². The summed E-state index contributed by atoms with van der Waals surface area (Å²) in [5.41, 5.74) is -0.509. The van der Waals surface area contributed by atoms with E-state index in [9.17, 15) is 9.59 Å². The van der Waals surface area contributed by atoms with Crippen LogP contribution >= 0.6 is 0 Å². The number of amides is 1. The smallest absolute Gasteiger partial charge is 0.410 e. The first-order valence-electron chi connectivity index (χ1n) is 15.4. The van der Waals surface area contributed by atoms with Gasteiger partial charge in [-0.05, 0) is 27.2 Å². The second-order valence-corrected chi connectivity index (χ2v) is 10.6. The normalized spacial score (nSPS) is 11.5. The van der Waals surface area contributed by atoms with Crippen LogP contribution in [0.4, 0.5) is 4.79 Å². The summed E-state index contributed by atoms with van der Waals surface area (Å²) in [5, 5.41) is 0. The first-order valence-corrected chi connectivity index (χ1v) is 15.4. The number of carbonyl (C=O) groups excluding carboxylic acids is 2. The van der Waals surface area contributed by atoms with Gasteiger partial charge >= 0.3 is 12.1 Å². The molecule has 0 aromatic rings. The van der Waals surface area contributed by atoms with Crippen molar-refractivity contribution in [3.8, 4) is 0 Å². The van der Waals surface area contributed by atoms with E-state index >= 15 is 0 Å². The van der Waals surface area contributed by atoms with Crippen LogP contribution in [0.25, 0.3) is 0 Å². The van der Waals surface area contributed by atoms with Crippen molar-refractivity contribution < 1.29 is 52.2 Å². The van der Waals surface area contributed by atoms with Crippen molar-refractivity contribution in [1.82, 2.24) is 4.90 Å². The third-order valence-corrected chi connectivity index (χ3v) is 5.48. The Labute approximate surface area is 253 Å². The Kier molecular flexibility index (Phi) is 28.4. The van der Waals surface area contributed by atoms with Crippen LogP contribution in [0.2, 0.25) is 0 Å². The lowest BCUT2D eigenvalue weighted by Crippen LogP contribution is -2.36. The van der Waals surface area contributed by atoms with Gasteiger partial charge in [0.05, 0.1) is 92.5 Å². The number of carbonyl (C=O) groups is 2. The summed E-state index contributed by atoms with van der Waals surface area (Å²) in [6.45, 7) is 14.9. The number of esters is 1. The Balaban J connectivity index is 3.21. The van der Waals surface area contributed by atoms with Crippen molar-refractivity contribution >= 4 is 12.1 Å². The lowest BCUT2D eigenvalue weighted by Gasteiger charge is -2.24. The summed E-state index contributed by atoms with van der Waals surface area (Å²) in [5.74, 6) is -0.150. The molecule has 0 fully saturated rings. The quantitative estimate of drug-likeness (QED) is 0.0872. The van der Waals surface area contributed by atoms with Gasteiger partial charge in [-0.2, -0.15) is 0 Å². The second kappa shape index (κ2) is 29.5. The fourth-order valence-corrected chi connectivity index (χ4v) is 3.21. The molecule has 0 radical (unpaired) electrons. The lowest BCUT2D eigenvalue weighted by atomic mass is 10.1. The highest BCUT2D eigenvalue weighted by atomic mass is 16.6. The molecule has 0 saturated heterocycles.